The molecule has 3 aromatic rings. The molecule has 0 saturated heterocycles. The van der Waals surface area contributed by atoms with Crippen molar-refractivity contribution in [3.63, 3.8) is 0 Å². The molecule has 0 aliphatic rings. The van der Waals surface area contributed by atoms with Crippen LogP contribution in [0.15, 0.2) is 47.2 Å². The van der Waals surface area contributed by atoms with Gasteiger partial charge in [0.25, 0.3) is 5.91 Å². The topological polar surface area (TPSA) is 64.7 Å². The zero-order chi connectivity index (χ0) is 17.1. The lowest BCUT2D eigenvalue weighted by atomic mass is 10.2. The van der Waals surface area contributed by atoms with Gasteiger partial charge in [-0.2, -0.15) is 10.2 Å². The van der Waals surface area contributed by atoms with Crippen LogP contribution in [0, 0.1) is 5.82 Å². The van der Waals surface area contributed by atoms with Crippen LogP contribution in [-0.4, -0.2) is 25.5 Å². The van der Waals surface area contributed by atoms with Crippen molar-refractivity contribution >= 4 is 27.7 Å². The Kier molecular flexibility index (Phi) is 4.75. The minimum atomic E-state index is -0.277. The molecule has 124 valence electrons. The van der Waals surface area contributed by atoms with Crippen molar-refractivity contribution in [2.75, 3.05) is 5.32 Å². The minimum absolute atomic E-state index is 0.276. The van der Waals surface area contributed by atoms with E-state index in [9.17, 15) is 9.18 Å². The molecular formula is C16H15BrFN5O. The molecule has 2 heterocycles. The summed E-state index contributed by atoms with van der Waals surface area (Å²) >= 11 is 3.39. The molecule has 0 spiro atoms. The van der Waals surface area contributed by atoms with Crippen LogP contribution in [0.1, 0.15) is 23.0 Å². The van der Waals surface area contributed by atoms with Gasteiger partial charge in [0, 0.05) is 18.9 Å². The van der Waals surface area contributed by atoms with E-state index in [-0.39, 0.29) is 11.7 Å². The number of benzene rings is 1. The van der Waals surface area contributed by atoms with Crippen LogP contribution in [0.25, 0.3) is 0 Å². The number of hydrogen-bond acceptors (Lipinski definition) is 3. The van der Waals surface area contributed by atoms with Crippen molar-refractivity contribution in [1.82, 2.24) is 19.6 Å². The van der Waals surface area contributed by atoms with Gasteiger partial charge in [0.05, 0.1) is 11.0 Å². The highest BCUT2D eigenvalue weighted by Gasteiger charge is 2.15. The highest BCUT2D eigenvalue weighted by Crippen LogP contribution is 2.21. The molecule has 6 nitrogen and oxygen atoms in total. The fourth-order valence-electron chi connectivity index (χ4n) is 2.29. The SMILES string of the molecule is CCn1nccc1C(=O)Nc1nn(Cc2ccc(F)cc2)cc1Br. The maximum atomic E-state index is 12.9. The molecule has 1 amide bonds. The van der Waals surface area contributed by atoms with E-state index in [0.29, 0.717) is 29.1 Å². The van der Waals surface area contributed by atoms with E-state index < -0.39 is 0 Å². The van der Waals surface area contributed by atoms with Gasteiger partial charge < -0.3 is 5.32 Å². The molecule has 0 fully saturated rings. The second-order valence-electron chi connectivity index (χ2n) is 5.14. The molecule has 24 heavy (non-hydrogen) atoms. The first-order valence-corrected chi connectivity index (χ1v) is 8.16. The van der Waals surface area contributed by atoms with Crippen LogP contribution in [0.4, 0.5) is 10.2 Å². The fraction of sp³-hybridized carbons (Fsp3) is 0.188. The summed E-state index contributed by atoms with van der Waals surface area (Å²) in [4.78, 5) is 12.3. The Morgan fingerprint density at radius 3 is 2.75 bits per heavy atom. The lowest BCUT2D eigenvalue weighted by molar-refractivity contribution is 0.101. The zero-order valence-electron chi connectivity index (χ0n) is 12.9. The van der Waals surface area contributed by atoms with Crippen LogP contribution in [0.3, 0.4) is 0 Å². The van der Waals surface area contributed by atoms with Crippen molar-refractivity contribution in [1.29, 1.82) is 0 Å². The first kappa shape index (κ1) is 16.4. The number of amides is 1. The van der Waals surface area contributed by atoms with Crippen LogP contribution >= 0.6 is 15.9 Å². The highest BCUT2D eigenvalue weighted by atomic mass is 79.9. The van der Waals surface area contributed by atoms with Crippen LogP contribution in [0.5, 0.6) is 0 Å². The molecule has 1 aromatic carbocycles. The quantitative estimate of drug-likeness (QED) is 0.725. The van der Waals surface area contributed by atoms with Gasteiger partial charge in [-0.3, -0.25) is 14.2 Å². The summed E-state index contributed by atoms with van der Waals surface area (Å²) in [6.45, 7) is 2.99. The Morgan fingerprint density at radius 2 is 2.04 bits per heavy atom. The Labute approximate surface area is 146 Å². The van der Waals surface area contributed by atoms with E-state index in [1.54, 1.807) is 40.0 Å². The molecule has 0 bridgehead atoms. The van der Waals surface area contributed by atoms with Crippen molar-refractivity contribution < 1.29 is 9.18 Å². The van der Waals surface area contributed by atoms with Crippen LogP contribution in [-0.2, 0) is 13.1 Å². The highest BCUT2D eigenvalue weighted by molar-refractivity contribution is 9.10. The van der Waals surface area contributed by atoms with Crippen LogP contribution < -0.4 is 5.32 Å². The smallest absolute Gasteiger partial charge is 0.275 e. The molecule has 2 aromatic heterocycles. The summed E-state index contributed by atoms with van der Waals surface area (Å²) in [6, 6.07) is 7.86. The number of aryl methyl sites for hydroxylation is 1. The third kappa shape index (κ3) is 3.53. The minimum Gasteiger partial charge on any atom is -0.303 e. The van der Waals surface area contributed by atoms with Gasteiger partial charge in [0.15, 0.2) is 5.82 Å². The predicted molar refractivity (Wildman–Crippen MR) is 91.3 cm³/mol. The van der Waals surface area contributed by atoms with Crippen molar-refractivity contribution in [2.45, 2.75) is 20.0 Å². The lowest BCUT2D eigenvalue weighted by Gasteiger charge is -2.05. The van der Waals surface area contributed by atoms with Gasteiger partial charge in [-0.25, -0.2) is 4.39 Å². The maximum absolute atomic E-state index is 12.9. The molecule has 0 aliphatic heterocycles. The molecule has 0 unspecified atom stereocenters. The summed E-state index contributed by atoms with van der Waals surface area (Å²) in [7, 11) is 0. The number of nitrogens with zero attached hydrogens (tertiary/aromatic N) is 4. The van der Waals surface area contributed by atoms with Crippen LogP contribution in [0.2, 0.25) is 0 Å². The summed E-state index contributed by atoms with van der Waals surface area (Å²) < 4.78 is 16.9. The van der Waals surface area contributed by atoms with E-state index in [2.05, 4.69) is 31.4 Å². The van der Waals surface area contributed by atoms with Crippen molar-refractivity contribution in [3.8, 4) is 0 Å². The van der Waals surface area contributed by atoms with E-state index in [0.717, 1.165) is 5.56 Å². The largest absolute Gasteiger partial charge is 0.303 e. The Bertz CT molecular complexity index is 856. The summed E-state index contributed by atoms with van der Waals surface area (Å²) in [5, 5.41) is 11.2. The third-order valence-corrected chi connectivity index (χ3v) is 4.04. The Hall–Kier alpha value is -2.48. The fourth-order valence-corrected chi connectivity index (χ4v) is 2.70. The number of rotatable bonds is 5. The number of aromatic nitrogens is 4. The van der Waals surface area contributed by atoms with Gasteiger partial charge >= 0.3 is 0 Å². The average molecular weight is 392 g/mol. The summed E-state index contributed by atoms with van der Waals surface area (Å²) in [6.07, 6.45) is 3.34. The molecule has 0 atom stereocenters. The maximum Gasteiger partial charge on any atom is 0.275 e. The number of nitrogens with one attached hydrogen (secondary N) is 1. The molecule has 3 rings (SSSR count). The molecule has 0 saturated carbocycles. The Morgan fingerprint density at radius 1 is 1.29 bits per heavy atom. The molecule has 0 radical (unpaired) electrons. The molecule has 1 N–H and O–H groups in total. The first-order chi connectivity index (χ1) is 11.6. The van der Waals surface area contributed by atoms with E-state index in [4.69, 9.17) is 0 Å². The number of carbonyl (C=O) groups is 1. The van der Waals surface area contributed by atoms with Gasteiger partial charge in [-0.1, -0.05) is 12.1 Å². The van der Waals surface area contributed by atoms with E-state index in [1.807, 2.05) is 6.92 Å². The van der Waals surface area contributed by atoms with E-state index in [1.165, 1.54) is 12.1 Å². The number of carbonyl (C=O) groups excluding carboxylic acids is 1. The standard InChI is InChI=1S/C16H15BrFN5O/c1-2-23-14(7-8-19-23)16(24)20-15-13(17)10-22(21-15)9-11-3-5-12(18)6-4-11/h3-8,10H,2,9H2,1H3,(H,20,21,24). The van der Waals surface area contributed by atoms with Gasteiger partial charge in [-0.05, 0) is 46.6 Å². The normalized spacial score (nSPS) is 10.8. The summed E-state index contributed by atoms with van der Waals surface area (Å²) in [5.74, 6) is -0.131. The van der Waals surface area contributed by atoms with Gasteiger partial charge in [-0.15, -0.1) is 0 Å². The number of anilines is 1. The first-order valence-electron chi connectivity index (χ1n) is 7.37. The van der Waals surface area contributed by atoms with Gasteiger partial charge in [0.1, 0.15) is 11.5 Å². The monoisotopic (exact) mass is 391 g/mol. The second kappa shape index (κ2) is 6.96. The van der Waals surface area contributed by atoms with E-state index >= 15 is 0 Å². The van der Waals surface area contributed by atoms with Gasteiger partial charge in [0.2, 0.25) is 0 Å². The lowest BCUT2D eigenvalue weighted by Crippen LogP contribution is -2.18. The van der Waals surface area contributed by atoms with Crippen molar-refractivity contribution in [2.24, 2.45) is 0 Å². The summed E-state index contributed by atoms with van der Waals surface area (Å²) in [5.41, 5.74) is 1.38. The zero-order valence-corrected chi connectivity index (χ0v) is 14.5. The molecule has 8 heteroatoms. The Balaban J connectivity index is 1.74. The number of halogens is 2. The second-order valence-corrected chi connectivity index (χ2v) is 5.99. The average Bonchev–Trinajstić information content (AvgIpc) is 3.16. The molecular weight excluding hydrogens is 377 g/mol. The van der Waals surface area contributed by atoms with Crippen molar-refractivity contribution in [3.05, 3.63) is 64.3 Å². The third-order valence-electron chi connectivity index (χ3n) is 3.46. The number of hydrogen-bond donors (Lipinski definition) is 1. The predicted octanol–water partition coefficient (Wildman–Crippen LogP) is 3.30. The molecule has 0 aliphatic carbocycles.